The smallest absolute Gasteiger partial charge is 0.417 e. The SMILES string of the molecule is CCOc1cc(/C=N\Nc2ccc(C(F)(F)F)cn2)cc(Cl)c1OCc1ccccc1. The molecule has 9 heteroatoms. The summed E-state index contributed by atoms with van der Waals surface area (Å²) in [5, 5.41) is 4.34. The van der Waals surface area contributed by atoms with Crippen LogP contribution in [0, 0.1) is 0 Å². The maximum absolute atomic E-state index is 12.6. The van der Waals surface area contributed by atoms with E-state index in [4.69, 9.17) is 21.1 Å². The van der Waals surface area contributed by atoms with Crippen molar-refractivity contribution >= 4 is 23.6 Å². The standard InChI is InChI=1S/C22H19ClF3N3O2/c1-2-30-19-11-16(10-18(23)21(19)31-14-15-6-4-3-5-7-15)12-28-29-20-9-8-17(13-27-20)22(24,25)26/h3-13H,2,14H2,1H3,(H,27,29)/b28-12-. The molecule has 1 aromatic heterocycles. The number of aromatic nitrogens is 1. The number of pyridine rings is 1. The third-order valence-electron chi connectivity index (χ3n) is 4.04. The third kappa shape index (κ3) is 6.36. The Morgan fingerprint density at radius 1 is 1.10 bits per heavy atom. The molecule has 0 aliphatic carbocycles. The van der Waals surface area contributed by atoms with Gasteiger partial charge in [0.25, 0.3) is 0 Å². The van der Waals surface area contributed by atoms with Gasteiger partial charge in [-0.2, -0.15) is 18.3 Å². The van der Waals surface area contributed by atoms with Gasteiger partial charge in [0.2, 0.25) is 0 Å². The van der Waals surface area contributed by atoms with Crippen LogP contribution >= 0.6 is 11.6 Å². The first kappa shape index (κ1) is 22.4. The minimum absolute atomic E-state index is 0.170. The van der Waals surface area contributed by atoms with E-state index in [-0.39, 0.29) is 5.82 Å². The zero-order valence-corrected chi connectivity index (χ0v) is 17.2. The molecule has 0 aliphatic rings. The monoisotopic (exact) mass is 449 g/mol. The Bertz CT molecular complexity index is 1030. The van der Waals surface area contributed by atoms with E-state index in [0.717, 1.165) is 17.8 Å². The molecule has 0 spiro atoms. The number of nitrogens with zero attached hydrogens (tertiary/aromatic N) is 2. The third-order valence-corrected chi connectivity index (χ3v) is 4.32. The lowest BCUT2D eigenvalue weighted by Crippen LogP contribution is -2.05. The summed E-state index contributed by atoms with van der Waals surface area (Å²) in [6.07, 6.45) is -2.25. The van der Waals surface area contributed by atoms with Gasteiger partial charge in [0.1, 0.15) is 12.4 Å². The Balaban J connectivity index is 1.71. The summed E-state index contributed by atoms with van der Waals surface area (Å²) in [5.74, 6) is 1.05. The summed E-state index contributed by atoms with van der Waals surface area (Å²) in [6.45, 7) is 2.58. The topological polar surface area (TPSA) is 55.7 Å². The number of ether oxygens (including phenoxy) is 2. The van der Waals surface area contributed by atoms with Gasteiger partial charge in [-0.15, -0.1) is 0 Å². The van der Waals surface area contributed by atoms with E-state index in [0.29, 0.717) is 35.3 Å². The molecule has 0 atom stereocenters. The van der Waals surface area contributed by atoms with Gasteiger partial charge in [0.05, 0.1) is 23.4 Å². The first-order chi connectivity index (χ1) is 14.9. The Labute approximate surface area is 182 Å². The van der Waals surface area contributed by atoms with Gasteiger partial charge >= 0.3 is 6.18 Å². The van der Waals surface area contributed by atoms with Crippen LogP contribution in [0.2, 0.25) is 5.02 Å². The molecule has 1 N–H and O–H groups in total. The van der Waals surface area contributed by atoms with Crippen molar-refractivity contribution in [1.82, 2.24) is 4.98 Å². The summed E-state index contributed by atoms with van der Waals surface area (Å²) in [6, 6.07) is 15.1. The Morgan fingerprint density at radius 2 is 1.87 bits per heavy atom. The predicted molar refractivity (Wildman–Crippen MR) is 114 cm³/mol. The van der Waals surface area contributed by atoms with Gasteiger partial charge < -0.3 is 9.47 Å². The van der Waals surface area contributed by atoms with Gasteiger partial charge in [-0.25, -0.2) is 4.98 Å². The van der Waals surface area contributed by atoms with Crippen molar-refractivity contribution in [2.24, 2.45) is 5.10 Å². The average Bonchev–Trinajstić information content (AvgIpc) is 2.74. The Morgan fingerprint density at radius 3 is 2.52 bits per heavy atom. The molecule has 0 saturated heterocycles. The minimum Gasteiger partial charge on any atom is -0.490 e. The first-order valence-electron chi connectivity index (χ1n) is 9.32. The minimum atomic E-state index is -4.44. The van der Waals surface area contributed by atoms with E-state index >= 15 is 0 Å². The second-order valence-electron chi connectivity index (χ2n) is 6.34. The fourth-order valence-corrected chi connectivity index (χ4v) is 2.87. The van der Waals surface area contributed by atoms with Crippen LogP contribution in [0.5, 0.6) is 11.5 Å². The van der Waals surface area contributed by atoms with Crippen molar-refractivity contribution in [2.75, 3.05) is 12.0 Å². The molecule has 0 amide bonds. The molecule has 0 unspecified atom stereocenters. The van der Waals surface area contributed by atoms with Gasteiger partial charge in [-0.3, -0.25) is 5.43 Å². The number of rotatable bonds is 8. The van der Waals surface area contributed by atoms with E-state index in [9.17, 15) is 13.2 Å². The second kappa shape index (κ2) is 10.2. The number of halogens is 4. The van der Waals surface area contributed by atoms with Crippen LogP contribution in [0.15, 0.2) is 65.9 Å². The highest BCUT2D eigenvalue weighted by Gasteiger charge is 2.30. The zero-order chi connectivity index (χ0) is 22.3. The largest absolute Gasteiger partial charge is 0.490 e. The molecule has 0 saturated carbocycles. The molecule has 2 aromatic carbocycles. The van der Waals surface area contributed by atoms with Gasteiger partial charge in [-0.1, -0.05) is 41.9 Å². The Hall–Kier alpha value is -3.26. The molecule has 3 rings (SSSR count). The number of hydrazone groups is 1. The van der Waals surface area contributed by atoms with E-state index < -0.39 is 11.7 Å². The van der Waals surface area contributed by atoms with E-state index in [2.05, 4.69) is 15.5 Å². The molecule has 3 aromatic rings. The van der Waals surface area contributed by atoms with E-state index in [1.165, 1.54) is 12.3 Å². The normalized spacial score (nSPS) is 11.5. The summed E-state index contributed by atoms with van der Waals surface area (Å²) < 4.78 is 49.3. The van der Waals surface area contributed by atoms with Crippen molar-refractivity contribution in [3.63, 3.8) is 0 Å². The zero-order valence-electron chi connectivity index (χ0n) is 16.5. The van der Waals surface area contributed by atoms with Crippen LogP contribution in [0.3, 0.4) is 0 Å². The molecule has 1 heterocycles. The number of anilines is 1. The molecule has 31 heavy (non-hydrogen) atoms. The molecule has 5 nitrogen and oxygen atoms in total. The van der Waals surface area contributed by atoms with E-state index in [1.54, 1.807) is 12.1 Å². The molecule has 162 valence electrons. The van der Waals surface area contributed by atoms with Crippen LogP contribution in [-0.4, -0.2) is 17.8 Å². The van der Waals surface area contributed by atoms with Gasteiger partial charge in [0, 0.05) is 6.20 Å². The van der Waals surface area contributed by atoms with Crippen molar-refractivity contribution in [2.45, 2.75) is 19.7 Å². The maximum Gasteiger partial charge on any atom is 0.417 e. The molecule has 0 radical (unpaired) electrons. The van der Waals surface area contributed by atoms with Crippen LogP contribution in [-0.2, 0) is 12.8 Å². The lowest BCUT2D eigenvalue weighted by atomic mass is 10.2. The van der Waals surface area contributed by atoms with Crippen molar-refractivity contribution in [3.8, 4) is 11.5 Å². The first-order valence-corrected chi connectivity index (χ1v) is 9.70. The van der Waals surface area contributed by atoms with Crippen LogP contribution in [0.4, 0.5) is 19.0 Å². The lowest BCUT2D eigenvalue weighted by Gasteiger charge is -2.14. The molecule has 0 aliphatic heterocycles. The second-order valence-corrected chi connectivity index (χ2v) is 6.74. The summed E-state index contributed by atoms with van der Waals surface area (Å²) in [4.78, 5) is 3.69. The number of hydrogen-bond donors (Lipinski definition) is 1. The summed E-state index contributed by atoms with van der Waals surface area (Å²) in [7, 11) is 0. The number of nitrogens with one attached hydrogen (secondary N) is 1. The number of hydrogen-bond acceptors (Lipinski definition) is 5. The quantitative estimate of drug-likeness (QED) is 0.329. The molecule has 0 bridgehead atoms. The fraction of sp³-hybridized carbons (Fsp3) is 0.182. The highest BCUT2D eigenvalue weighted by Crippen LogP contribution is 2.37. The summed E-state index contributed by atoms with van der Waals surface area (Å²) in [5.41, 5.74) is 3.34. The van der Waals surface area contributed by atoms with Crippen molar-refractivity contribution < 1.29 is 22.6 Å². The van der Waals surface area contributed by atoms with E-state index in [1.807, 2.05) is 37.3 Å². The predicted octanol–water partition coefficient (Wildman–Crippen LogP) is 6.18. The summed E-state index contributed by atoms with van der Waals surface area (Å²) >= 11 is 6.39. The van der Waals surface area contributed by atoms with Gasteiger partial charge in [-0.05, 0) is 42.3 Å². The molecule has 0 fully saturated rings. The van der Waals surface area contributed by atoms with Crippen LogP contribution < -0.4 is 14.9 Å². The van der Waals surface area contributed by atoms with Crippen molar-refractivity contribution in [3.05, 3.63) is 82.5 Å². The molecular weight excluding hydrogens is 431 g/mol. The van der Waals surface area contributed by atoms with Gasteiger partial charge in [0.15, 0.2) is 11.5 Å². The fourth-order valence-electron chi connectivity index (χ4n) is 2.60. The number of alkyl halides is 3. The van der Waals surface area contributed by atoms with Crippen molar-refractivity contribution in [1.29, 1.82) is 0 Å². The van der Waals surface area contributed by atoms with Crippen LogP contribution in [0.25, 0.3) is 0 Å². The highest BCUT2D eigenvalue weighted by atomic mass is 35.5. The highest BCUT2D eigenvalue weighted by molar-refractivity contribution is 6.32. The average molecular weight is 450 g/mol. The Kier molecular flexibility index (Phi) is 7.36. The maximum atomic E-state index is 12.6. The number of benzene rings is 2. The molecular formula is C22H19ClF3N3O2. The van der Waals surface area contributed by atoms with Crippen LogP contribution in [0.1, 0.15) is 23.6 Å². The lowest BCUT2D eigenvalue weighted by molar-refractivity contribution is -0.137.